The Kier molecular flexibility index (Phi) is 5.69. The lowest BCUT2D eigenvalue weighted by Gasteiger charge is -2.22. The Morgan fingerprint density at radius 1 is 1.48 bits per heavy atom. The van der Waals surface area contributed by atoms with Crippen molar-refractivity contribution < 1.29 is 4.79 Å². The number of amides is 1. The summed E-state index contributed by atoms with van der Waals surface area (Å²) in [5.41, 5.74) is 0.784. The van der Waals surface area contributed by atoms with Crippen molar-refractivity contribution >= 4 is 40.2 Å². The SMILES string of the molecule is Cc1nc(-c2ccc(Cl)s2)sc1C(=O)NCCC1CCCNC1. The van der Waals surface area contributed by atoms with Gasteiger partial charge in [0.2, 0.25) is 0 Å². The third-order valence-corrected chi connectivity index (χ3v) is 6.58. The van der Waals surface area contributed by atoms with Gasteiger partial charge in [0.15, 0.2) is 0 Å². The molecule has 4 nitrogen and oxygen atoms in total. The van der Waals surface area contributed by atoms with Crippen molar-refractivity contribution in [3.05, 3.63) is 27.0 Å². The number of aromatic nitrogens is 1. The lowest BCUT2D eigenvalue weighted by atomic mass is 9.96. The molecule has 3 heterocycles. The van der Waals surface area contributed by atoms with Crippen LogP contribution in [0, 0.1) is 12.8 Å². The molecule has 0 radical (unpaired) electrons. The lowest BCUT2D eigenvalue weighted by molar-refractivity contribution is 0.0954. The van der Waals surface area contributed by atoms with Gasteiger partial charge in [0, 0.05) is 6.54 Å². The van der Waals surface area contributed by atoms with E-state index in [0.29, 0.717) is 10.8 Å². The molecule has 0 aromatic carbocycles. The van der Waals surface area contributed by atoms with Crippen molar-refractivity contribution in [3.8, 4) is 9.88 Å². The van der Waals surface area contributed by atoms with Gasteiger partial charge in [-0.25, -0.2) is 4.98 Å². The Morgan fingerprint density at radius 2 is 2.35 bits per heavy atom. The first-order chi connectivity index (χ1) is 11.1. The highest BCUT2D eigenvalue weighted by atomic mass is 35.5. The van der Waals surface area contributed by atoms with Crippen molar-refractivity contribution in [1.82, 2.24) is 15.6 Å². The van der Waals surface area contributed by atoms with Gasteiger partial charge in [0.05, 0.1) is 14.9 Å². The highest BCUT2D eigenvalue weighted by molar-refractivity contribution is 7.24. The molecule has 0 bridgehead atoms. The van der Waals surface area contributed by atoms with E-state index in [4.69, 9.17) is 11.6 Å². The van der Waals surface area contributed by atoms with E-state index >= 15 is 0 Å². The molecule has 23 heavy (non-hydrogen) atoms. The third kappa shape index (κ3) is 4.32. The summed E-state index contributed by atoms with van der Waals surface area (Å²) in [5, 5.41) is 7.31. The molecule has 3 rings (SSSR count). The molecule has 1 aliphatic rings. The monoisotopic (exact) mass is 369 g/mol. The lowest BCUT2D eigenvalue weighted by Crippen LogP contribution is -2.33. The van der Waals surface area contributed by atoms with Gasteiger partial charge in [-0.05, 0) is 57.3 Å². The Hall–Kier alpha value is -0.950. The molecule has 0 aliphatic carbocycles. The first kappa shape index (κ1) is 16.9. The summed E-state index contributed by atoms with van der Waals surface area (Å²) in [5.74, 6) is 0.660. The second-order valence-electron chi connectivity index (χ2n) is 5.79. The van der Waals surface area contributed by atoms with Gasteiger partial charge in [0.25, 0.3) is 5.91 Å². The molecule has 0 saturated carbocycles. The Balaban J connectivity index is 1.57. The van der Waals surface area contributed by atoms with Crippen LogP contribution in [0.15, 0.2) is 12.1 Å². The zero-order chi connectivity index (χ0) is 16.2. The second-order valence-corrected chi connectivity index (χ2v) is 8.51. The predicted octanol–water partition coefficient (Wildman–Crippen LogP) is 3.95. The summed E-state index contributed by atoms with van der Waals surface area (Å²) in [6, 6.07) is 3.80. The molecule has 1 saturated heterocycles. The van der Waals surface area contributed by atoms with E-state index < -0.39 is 0 Å². The number of hydrogen-bond donors (Lipinski definition) is 2. The average Bonchev–Trinajstić information content (AvgIpc) is 3.14. The van der Waals surface area contributed by atoms with E-state index in [0.717, 1.165) is 46.0 Å². The fourth-order valence-electron chi connectivity index (χ4n) is 2.78. The summed E-state index contributed by atoms with van der Waals surface area (Å²) in [6.07, 6.45) is 3.52. The fraction of sp³-hybridized carbons (Fsp3) is 0.500. The molecule has 2 aromatic heterocycles. The number of nitrogens with zero attached hydrogens (tertiary/aromatic N) is 1. The van der Waals surface area contributed by atoms with Crippen LogP contribution in [0.3, 0.4) is 0 Å². The minimum Gasteiger partial charge on any atom is -0.351 e. The van der Waals surface area contributed by atoms with Crippen molar-refractivity contribution in [2.45, 2.75) is 26.2 Å². The minimum absolute atomic E-state index is 0.0160. The standard InChI is InChI=1S/C16H20ClN3OS2/c1-10-14(23-16(20-10)12-4-5-13(17)22-12)15(21)19-8-6-11-3-2-7-18-9-11/h4-5,11,18H,2-3,6-9H2,1H3,(H,19,21). The molecule has 2 aromatic rings. The number of thiophene rings is 1. The van der Waals surface area contributed by atoms with E-state index in [1.165, 1.54) is 35.5 Å². The zero-order valence-electron chi connectivity index (χ0n) is 13.0. The number of thiazole rings is 1. The molecule has 2 N–H and O–H groups in total. The summed E-state index contributed by atoms with van der Waals surface area (Å²) >= 11 is 8.89. The van der Waals surface area contributed by atoms with Gasteiger partial charge in [-0.1, -0.05) is 11.6 Å². The number of nitrogens with one attached hydrogen (secondary N) is 2. The van der Waals surface area contributed by atoms with Gasteiger partial charge in [-0.3, -0.25) is 4.79 Å². The molecule has 0 spiro atoms. The molecule has 1 aliphatic heterocycles. The number of aryl methyl sites for hydroxylation is 1. The Morgan fingerprint density at radius 3 is 3.04 bits per heavy atom. The van der Waals surface area contributed by atoms with E-state index in [1.807, 2.05) is 19.1 Å². The van der Waals surface area contributed by atoms with E-state index in [1.54, 1.807) is 0 Å². The normalized spacial score (nSPS) is 18.1. The highest BCUT2D eigenvalue weighted by Gasteiger charge is 2.18. The quantitative estimate of drug-likeness (QED) is 0.838. The van der Waals surface area contributed by atoms with Gasteiger partial charge < -0.3 is 10.6 Å². The number of hydrogen-bond acceptors (Lipinski definition) is 5. The van der Waals surface area contributed by atoms with Gasteiger partial charge >= 0.3 is 0 Å². The molecule has 7 heteroatoms. The topological polar surface area (TPSA) is 54.0 Å². The molecule has 1 fully saturated rings. The number of carbonyl (C=O) groups excluding carboxylic acids is 1. The van der Waals surface area contributed by atoms with Crippen molar-refractivity contribution in [1.29, 1.82) is 0 Å². The van der Waals surface area contributed by atoms with E-state index in [-0.39, 0.29) is 5.91 Å². The summed E-state index contributed by atoms with van der Waals surface area (Å²) < 4.78 is 0.736. The maximum atomic E-state index is 12.4. The number of piperidine rings is 1. The van der Waals surface area contributed by atoms with Crippen molar-refractivity contribution in [2.24, 2.45) is 5.92 Å². The van der Waals surface area contributed by atoms with Crippen LogP contribution in [0.25, 0.3) is 9.88 Å². The molecule has 124 valence electrons. The summed E-state index contributed by atoms with van der Waals surface area (Å²) in [7, 11) is 0. The predicted molar refractivity (Wildman–Crippen MR) is 97.7 cm³/mol. The van der Waals surface area contributed by atoms with Crippen molar-refractivity contribution in [2.75, 3.05) is 19.6 Å². The maximum absolute atomic E-state index is 12.4. The first-order valence-corrected chi connectivity index (χ1v) is 9.86. The zero-order valence-corrected chi connectivity index (χ0v) is 15.4. The van der Waals surface area contributed by atoms with Crippen LogP contribution in [0.1, 0.15) is 34.6 Å². The van der Waals surface area contributed by atoms with E-state index in [9.17, 15) is 4.79 Å². The number of rotatable bonds is 5. The fourth-order valence-corrected chi connectivity index (χ4v) is 4.86. The second kappa shape index (κ2) is 7.75. The first-order valence-electron chi connectivity index (χ1n) is 7.85. The molecular formula is C16H20ClN3OS2. The molecule has 1 atom stereocenters. The van der Waals surface area contributed by atoms with Crippen LogP contribution in [-0.4, -0.2) is 30.5 Å². The summed E-state index contributed by atoms with van der Waals surface area (Å²) in [6.45, 7) is 4.80. The van der Waals surface area contributed by atoms with Gasteiger partial charge in [-0.15, -0.1) is 22.7 Å². The van der Waals surface area contributed by atoms with Gasteiger partial charge in [0.1, 0.15) is 9.88 Å². The Bertz CT molecular complexity index is 677. The molecule has 1 amide bonds. The molecule has 1 unspecified atom stereocenters. The largest absolute Gasteiger partial charge is 0.351 e. The number of halogens is 1. The maximum Gasteiger partial charge on any atom is 0.263 e. The smallest absolute Gasteiger partial charge is 0.263 e. The van der Waals surface area contributed by atoms with Crippen LogP contribution >= 0.6 is 34.3 Å². The van der Waals surface area contributed by atoms with Crippen LogP contribution < -0.4 is 10.6 Å². The van der Waals surface area contributed by atoms with Crippen LogP contribution in [-0.2, 0) is 0 Å². The summed E-state index contributed by atoms with van der Waals surface area (Å²) in [4.78, 5) is 18.6. The molecular weight excluding hydrogens is 350 g/mol. The van der Waals surface area contributed by atoms with Crippen molar-refractivity contribution in [3.63, 3.8) is 0 Å². The van der Waals surface area contributed by atoms with Gasteiger partial charge in [-0.2, -0.15) is 0 Å². The minimum atomic E-state index is -0.0160. The third-order valence-electron chi connectivity index (χ3n) is 4.02. The average molecular weight is 370 g/mol. The van der Waals surface area contributed by atoms with Crippen LogP contribution in [0.2, 0.25) is 4.34 Å². The van der Waals surface area contributed by atoms with Crippen LogP contribution in [0.4, 0.5) is 0 Å². The van der Waals surface area contributed by atoms with E-state index in [2.05, 4.69) is 15.6 Å². The Labute approximate surface area is 149 Å². The van der Waals surface area contributed by atoms with Crippen LogP contribution in [0.5, 0.6) is 0 Å². The highest BCUT2D eigenvalue weighted by Crippen LogP contribution is 2.34. The number of carbonyl (C=O) groups is 1.